The summed E-state index contributed by atoms with van der Waals surface area (Å²) in [6, 6.07) is 1.40. The molecule has 6 heteroatoms. The van der Waals surface area contributed by atoms with Crippen LogP contribution in [-0.2, 0) is 6.54 Å². The fraction of sp³-hybridized carbons (Fsp3) is 0.143. The van der Waals surface area contributed by atoms with Crippen LogP contribution >= 0.6 is 23.2 Å². The Balaban J connectivity index is 2.83. The summed E-state index contributed by atoms with van der Waals surface area (Å²) in [5.41, 5.74) is 0.103. The van der Waals surface area contributed by atoms with E-state index in [1.165, 1.54) is 23.0 Å². The van der Waals surface area contributed by atoms with Gasteiger partial charge < -0.3 is 5.11 Å². The smallest absolute Gasteiger partial charge is 0.354 e. The average molecular weight is 221 g/mol. The SMILES string of the molecule is O=C(O)c1ccnn1CC=C(Cl)Cl. The molecule has 1 rings (SSSR count). The minimum atomic E-state index is -1.03. The summed E-state index contributed by atoms with van der Waals surface area (Å²) in [5, 5.41) is 12.5. The van der Waals surface area contributed by atoms with Gasteiger partial charge in [-0.15, -0.1) is 0 Å². The maximum Gasteiger partial charge on any atom is 0.354 e. The third-order valence-electron chi connectivity index (χ3n) is 1.35. The molecule has 13 heavy (non-hydrogen) atoms. The summed E-state index contributed by atoms with van der Waals surface area (Å²) in [7, 11) is 0. The van der Waals surface area contributed by atoms with Crippen molar-refractivity contribution in [3.8, 4) is 0 Å². The Morgan fingerprint density at radius 3 is 2.92 bits per heavy atom. The van der Waals surface area contributed by atoms with Gasteiger partial charge in [0.1, 0.15) is 10.2 Å². The Bertz CT molecular complexity index is 342. The predicted molar refractivity (Wildman–Crippen MR) is 49.0 cm³/mol. The van der Waals surface area contributed by atoms with Crippen molar-refractivity contribution in [2.75, 3.05) is 0 Å². The van der Waals surface area contributed by atoms with Crippen LogP contribution in [0.5, 0.6) is 0 Å². The van der Waals surface area contributed by atoms with E-state index in [-0.39, 0.29) is 16.7 Å². The van der Waals surface area contributed by atoms with Gasteiger partial charge in [0, 0.05) is 6.20 Å². The predicted octanol–water partition coefficient (Wildman–Crippen LogP) is 1.90. The molecule has 0 amide bonds. The zero-order valence-corrected chi connectivity index (χ0v) is 7.96. The standard InChI is InChI=1S/C7H6Cl2N2O2/c8-6(9)2-4-11-5(7(12)13)1-3-10-11/h1-3H,4H2,(H,12,13). The molecule has 1 aromatic rings. The molecule has 1 N–H and O–H groups in total. The van der Waals surface area contributed by atoms with Crippen molar-refractivity contribution in [2.24, 2.45) is 0 Å². The first kappa shape index (κ1) is 10.1. The molecular formula is C7H6Cl2N2O2. The first-order chi connectivity index (χ1) is 6.11. The summed E-state index contributed by atoms with van der Waals surface area (Å²) >= 11 is 10.7. The zero-order valence-electron chi connectivity index (χ0n) is 6.44. The van der Waals surface area contributed by atoms with E-state index in [1.807, 2.05) is 0 Å². The summed E-state index contributed by atoms with van der Waals surface area (Å²) in [5.74, 6) is -1.03. The van der Waals surface area contributed by atoms with E-state index in [0.29, 0.717) is 0 Å². The Morgan fingerprint density at radius 1 is 1.69 bits per heavy atom. The minimum absolute atomic E-state index is 0.0897. The van der Waals surface area contributed by atoms with Gasteiger partial charge in [-0.25, -0.2) is 4.79 Å². The van der Waals surface area contributed by atoms with Gasteiger partial charge in [-0.3, -0.25) is 4.68 Å². The Hall–Kier alpha value is -1.00. The minimum Gasteiger partial charge on any atom is -0.477 e. The van der Waals surface area contributed by atoms with E-state index in [9.17, 15) is 4.79 Å². The lowest BCUT2D eigenvalue weighted by molar-refractivity contribution is 0.0684. The van der Waals surface area contributed by atoms with Gasteiger partial charge in [0.25, 0.3) is 0 Å². The Morgan fingerprint density at radius 2 is 2.38 bits per heavy atom. The highest BCUT2D eigenvalue weighted by molar-refractivity contribution is 6.55. The number of carboxylic acids is 1. The maximum absolute atomic E-state index is 10.6. The van der Waals surface area contributed by atoms with Crippen LogP contribution in [0, 0.1) is 0 Å². The lowest BCUT2D eigenvalue weighted by Crippen LogP contribution is -2.08. The maximum atomic E-state index is 10.6. The highest BCUT2D eigenvalue weighted by Gasteiger charge is 2.08. The summed E-state index contributed by atoms with van der Waals surface area (Å²) < 4.78 is 1.37. The molecule has 4 nitrogen and oxygen atoms in total. The molecule has 0 saturated heterocycles. The van der Waals surface area contributed by atoms with Gasteiger partial charge in [0.05, 0.1) is 6.54 Å². The lowest BCUT2D eigenvalue weighted by atomic mass is 10.4. The van der Waals surface area contributed by atoms with Crippen molar-refractivity contribution in [2.45, 2.75) is 6.54 Å². The highest BCUT2D eigenvalue weighted by atomic mass is 35.5. The molecule has 0 aromatic carbocycles. The molecule has 0 spiro atoms. The average Bonchev–Trinajstić information content (AvgIpc) is 2.47. The van der Waals surface area contributed by atoms with E-state index >= 15 is 0 Å². The van der Waals surface area contributed by atoms with Gasteiger partial charge in [-0.1, -0.05) is 23.2 Å². The fourth-order valence-electron chi connectivity index (χ4n) is 0.815. The first-order valence-corrected chi connectivity index (χ1v) is 4.13. The van der Waals surface area contributed by atoms with E-state index in [1.54, 1.807) is 0 Å². The van der Waals surface area contributed by atoms with E-state index in [0.717, 1.165) is 0 Å². The third-order valence-corrected chi connectivity index (χ3v) is 1.66. The number of aromatic carboxylic acids is 1. The Kier molecular flexibility index (Phi) is 3.33. The molecule has 0 bridgehead atoms. The fourth-order valence-corrected chi connectivity index (χ4v) is 0.953. The van der Waals surface area contributed by atoms with E-state index < -0.39 is 5.97 Å². The van der Waals surface area contributed by atoms with Crippen LogP contribution in [0.15, 0.2) is 22.8 Å². The third kappa shape index (κ3) is 2.75. The second-order valence-corrected chi connectivity index (χ2v) is 3.21. The van der Waals surface area contributed by atoms with Crippen LogP contribution in [-0.4, -0.2) is 20.9 Å². The quantitative estimate of drug-likeness (QED) is 0.847. The normalized spacial score (nSPS) is 9.69. The van der Waals surface area contributed by atoms with Crippen molar-refractivity contribution in [3.63, 3.8) is 0 Å². The number of nitrogens with zero attached hydrogens (tertiary/aromatic N) is 2. The van der Waals surface area contributed by atoms with Gasteiger partial charge >= 0.3 is 5.97 Å². The largest absolute Gasteiger partial charge is 0.477 e. The second kappa shape index (κ2) is 4.30. The Labute approximate surface area is 84.4 Å². The molecule has 0 aliphatic rings. The summed E-state index contributed by atoms with van der Waals surface area (Å²) in [6.07, 6.45) is 2.86. The van der Waals surface area contributed by atoms with Crippen LogP contribution in [0.4, 0.5) is 0 Å². The molecule has 0 aliphatic heterocycles. The van der Waals surface area contributed by atoms with Gasteiger partial charge in [-0.05, 0) is 12.1 Å². The number of carboxylic acid groups (broad SMARTS) is 1. The molecule has 0 atom stereocenters. The van der Waals surface area contributed by atoms with Gasteiger partial charge in [0.2, 0.25) is 0 Å². The molecule has 1 heterocycles. The van der Waals surface area contributed by atoms with Gasteiger partial charge in [0.15, 0.2) is 0 Å². The van der Waals surface area contributed by atoms with Crippen molar-refractivity contribution < 1.29 is 9.90 Å². The first-order valence-electron chi connectivity index (χ1n) is 3.37. The molecule has 0 radical (unpaired) electrons. The van der Waals surface area contributed by atoms with Crippen LogP contribution in [0.25, 0.3) is 0 Å². The molecular weight excluding hydrogens is 215 g/mol. The van der Waals surface area contributed by atoms with E-state index in [4.69, 9.17) is 28.3 Å². The number of aromatic nitrogens is 2. The van der Waals surface area contributed by atoms with Crippen molar-refractivity contribution in [3.05, 3.63) is 28.5 Å². The van der Waals surface area contributed by atoms with E-state index in [2.05, 4.69) is 5.10 Å². The number of halogens is 2. The number of rotatable bonds is 3. The number of hydrogen-bond acceptors (Lipinski definition) is 2. The summed E-state index contributed by atoms with van der Waals surface area (Å²) in [4.78, 5) is 10.6. The molecule has 0 saturated carbocycles. The van der Waals surface area contributed by atoms with Crippen molar-refractivity contribution in [1.82, 2.24) is 9.78 Å². The summed E-state index contributed by atoms with van der Waals surface area (Å²) in [6.45, 7) is 0.247. The van der Waals surface area contributed by atoms with Gasteiger partial charge in [-0.2, -0.15) is 5.10 Å². The number of allylic oxidation sites excluding steroid dienone is 1. The van der Waals surface area contributed by atoms with Crippen molar-refractivity contribution >= 4 is 29.2 Å². The number of hydrogen-bond donors (Lipinski definition) is 1. The molecule has 1 aromatic heterocycles. The van der Waals surface area contributed by atoms with Crippen LogP contribution in [0.1, 0.15) is 10.5 Å². The number of carbonyl (C=O) groups is 1. The molecule has 0 aliphatic carbocycles. The van der Waals surface area contributed by atoms with Crippen LogP contribution in [0.3, 0.4) is 0 Å². The second-order valence-electron chi connectivity index (χ2n) is 2.20. The molecule has 0 unspecified atom stereocenters. The highest BCUT2D eigenvalue weighted by Crippen LogP contribution is 2.07. The zero-order chi connectivity index (χ0) is 9.84. The van der Waals surface area contributed by atoms with Crippen LogP contribution < -0.4 is 0 Å². The van der Waals surface area contributed by atoms with Crippen LogP contribution in [0.2, 0.25) is 0 Å². The van der Waals surface area contributed by atoms with Crippen molar-refractivity contribution in [1.29, 1.82) is 0 Å². The molecule has 70 valence electrons. The topological polar surface area (TPSA) is 55.1 Å². The molecule has 0 fully saturated rings. The lowest BCUT2D eigenvalue weighted by Gasteiger charge is -1.98. The monoisotopic (exact) mass is 220 g/mol.